The van der Waals surface area contributed by atoms with Crippen molar-refractivity contribution in [2.24, 2.45) is 7.05 Å². The first kappa shape index (κ1) is 20.3. The molecule has 1 N–H and O–H groups in total. The Kier molecular flexibility index (Phi) is 5.44. The number of carbonyl (C=O) groups excluding carboxylic acids is 1. The predicted octanol–water partition coefficient (Wildman–Crippen LogP) is 3.89. The van der Waals surface area contributed by atoms with Crippen LogP contribution in [0.2, 0.25) is 5.02 Å². The van der Waals surface area contributed by atoms with Gasteiger partial charge < -0.3 is 0 Å². The summed E-state index contributed by atoms with van der Waals surface area (Å²) in [6, 6.07) is 4.20. The van der Waals surface area contributed by atoms with Gasteiger partial charge in [0.25, 0.3) is 5.91 Å². The molecule has 1 amide bonds. The van der Waals surface area contributed by atoms with Gasteiger partial charge in [-0.2, -0.15) is 18.3 Å². The maximum atomic E-state index is 13.8. The van der Waals surface area contributed by atoms with E-state index in [1.54, 1.807) is 0 Å². The average Bonchev–Trinajstić information content (AvgIpc) is 3.14. The van der Waals surface area contributed by atoms with Crippen LogP contribution >= 0.6 is 27.5 Å². The van der Waals surface area contributed by atoms with Gasteiger partial charge in [0.2, 0.25) is 5.95 Å². The summed E-state index contributed by atoms with van der Waals surface area (Å²) < 4.78 is 54.1. The summed E-state index contributed by atoms with van der Waals surface area (Å²) in [5.41, 5.74) is -1.41. The first-order valence-electron chi connectivity index (χ1n) is 7.51. The molecule has 0 saturated carbocycles. The monoisotopic (exact) mass is 480 g/mol. The number of rotatable bonds is 4. The molecule has 0 fully saturated rings. The van der Waals surface area contributed by atoms with Gasteiger partial charge in [-0.25, -0.2) is 14.1 Å². The summed E-state index contributed by atoms with van der Waals surface area (Å²) in [5, 5.41) is 9.72. The van der Waals surface area contributed by atoms with Crippen LogP contribution in [0.5, 0.6) is 0 Å². The van der Waals surface area contributed by atoms with E-state index in [9.17, 15) is 22.4 Å². The highest BCUT2D eigenvalue weighted by atomic mass is 79.9. The summed E-state index contributed by atoms with van der Waals surface area (Å²) >= 11 is 8.70. The predicted molar refractivity (Wildman–Crippen MR) is 94.4 cm³/mol. The topological polar surface area (TPSA) is 77.6 Å². The van der Waals surface area contributed by atoms with E-state index >= 15 is 0 Å². The number of nitrogens with one attached hydrogen (secondary N) is 1. The third kappa shape index (κ3) is 4.02. The highest BCUT2D eigenvalue weighted by molar-refractivity contribution is 9.10. The zero-order valence-corrected chi connectivity index (χ0v) is 16.3. The molecule has 2 aromatic heterocycles. The fourth-order valence-corrected chi connectivity index (χ4v) is 3.32. The number of nitrogens with zero attached hydrogens (tertiary/aromatic N) is 5. The Labute approximate surface area is 168 Å². The normalized spacial score (nSPS) is 11.7. The molecule has 3 aromatic rings. The molecular formula is C15H10BrClF4N6O. The summed E-state index contributed by atoms with van der Waals surface area (Å²) in [7, 11) is 1.20. The second-order valence-corrected chi connectivity index (χ2v) is 6.75. The van der Waals surface area contributed by atoms with Crippen LogP contribution in [-0.4, -0.2) is 30.5 Å². The minimum absolute atomic E-state index is 0.0536. The van der Waals surface area contributed by atoms with Crippen LogP contribution < -0.4 is 5.32 Å². The smallest absolute Gasteiger partial charge is 0.288 e. The molecule has 0 aliphatic rings. The van der Waals surface area contributed by atoms with E-state index in [0.29, 0.717) is 0 Å². The van der Waals surface area contributed by atoms with E-state index in [1.165, 1.54) is 36.3 Å². The van der Waals surface area contributed by atoms with Gasteiger partial charge in [-0.05, 0) is 28.1 Å². The Morgan fingerprint density at radius 3 is 2.64 bits per heavy atom. The quantitative estimate of drug-likeness (QED) is 0.574. The lowest BCUT2D eigenvalue weighted by atomic mass is 10.2. The highest BCUT2D eigenvalue weighted by Crippen LogP contribution is 2.35. The van der Waals surface area contributed by atoms with Gasteiger partial charge in [0, 0.05) is 17.6 Å². The molecule has 0 atom stereocenters. The van der Waals surface area contributed by atoms with Gasteiger partial charge >= 0.3 is 6.18 Å². The SMILES string of the molecule is Cn1nc(C(F)(F)F)c(Br)c1C(=O)Nc1ncn(Cc2c(F)cccc2Cl)n1. The van der Waals surface area contributed by atoms with Gasteiger partial charge in [0.1, 0.15) is 17.8 Å². The fraction of sp³-hybridized carbons (Fsp3) is 0.200. The average molecular weight is 482 g/mol. The highest BCUT2D eigenvalue weighted by Gasteiger charge is 2.39. The molecule has 1 aromatic carbocycles. The first-order valence-corrected chi connectivity index (χ1v) is 8.68. The van der Waals surface area contributed by atoms with E-state index in [0.717, 1.165) is 4.68 Å². The molecule has 2 heterocycles. The number of alkyl halides is 3. The Morgan fingerprint density at radius 2 is 2.04 bits per heavy atom. The molecule has 3 rings (SSSR count). The Balaban J connectivity index is 1.79. The molecule has 13 heteroatoms. The van der Waals surface area contributed by atoms with Gasteiger partial charge in [0.05, 0.1) is 11.0 Å². The van der Waals surface area contributed by atoms with E-state index in [4.69, 9.17) is 11.6 Å². The van der Waals surface area contributed by atoms with Crippen molar-refractivity contribution in [2.75, 3.05) is 5.32 Å². The van der Waals surface area contributed by atoms with Gasteiger partial charge in [-0.3, -0.25) is 14.8 Å². The van der Waals surface area contributed by atoms with Crippen LogP contribution in [0.15, 0.2) is 29.0 Å². The molecule has 0 spiro atoms. The molecule has 0 bridgehead atoms. The van der Waals surface area contributed by atoms with Gasteiger partial charge in [-0.15, -0.1) is 5.10 Å². The second-order valence-electron chi connectivity index (χ2n) is 5.55. The number of anilines is 1. The van der Waals surface area contributed by atoms with Crippen molar-refractivity contribution in [3.05, 3.63) is 56.8 Å². The zero-order chi connectivity index (χ0) is 20.6. The van der Waals surface area contributed by atoms with Gasteiger partial charge in [-0.1, -0.05) is 17.7 Å². The number of aryl methyl sites for hydroxylation is 1. The zero-order valence-electron chi connectivity index (χ0n) is 13.9. The van der Waals surface area contributed by atoms with Crippen molar-refractivity contribution >= 4 is 39.4 Å². The Hall–Kier alpha value is -2.47. The molecule has 0 saturated heterocycles. The third-order valence-corrected chi connectivity index (χ3v) is 4.72. The molecular weight excluding hydrogens is 472 g/mol. The van der Waals surface area contributed by atoms with Crippen LogP contribution in [0.25, 0.3) is 0 Å². The van der Waals surface area contributed by atoms with Crippen LogP contribution in [0.4, 0.5) is 23.5 Å². The van der Waals surface area contributed by atoms with E-state index in [1.807, 2.05) is 0 Å². The Bertz CT molecular complexity index is 1030. The number of hydrogen-bond acceptors (Lipinski definition) is 4. The number of hydrogen-bond donors (Lipinski definition) is 1. The van der Waals surface area contributed by atoms with Crippen LogP contribution in [0.3, 0.4) is 0 Å². The second kappa shape index (κ2) is 7.51. The number of amides is 1. The standard InChI is InChI=1S/C15H10BrClF4N6O/c1-26-11(10(16)12(24-26)15(19,20)21)13(28)23-14-22-6-27(25-14)5-7-8(17)3-2-4-9(7)18/h2-4,6H,5H2,1H3,(H,23,25,28). The molecule has 148 valence electrons. The van der Waals surface area contributed by atoms with Crippen molar-refractivity contribution in [1.29, 1.82) is 0 Å². The van der Waals surface area contributed by atoms with Crippen molar-refractivity contribution in [3.8, 4) is 0 Å². The molecule has 0 aliphatic heterocycles. The van der Waals surface area contributed by atoms with Crippen molar-refractivity contribution < 1.29 is 22.4 Å². The van der Waals surface area contributed by atoms with Crippen molar-refractivity contribution in [2.45, 2.75) is 12.7 Å². The van der Waals surface area contributed by atoms with E-state index < -0.39 is 28.1 Å². The van der Waals surface area contributed by atoms with Crippen LogP contribution in [0, 0.1) is 5.82 Å². The number of benzene rings is 1. The van der Waals surface area contributed by atoms with Crippen molar-refractivity contribution in [1.82, 2.24) is 24.5 Å². The third-order valence-electron chi connectivity index (χ3n) is 3.62. The van der Waals surface area contributed by atoms with E-state index in [2.05, 4.69) is 36.4 Å². The number of halogens is 6. The minimum atomic E-state index is -4.73. The Morgan fingerprint density at radius 1 is 1.32 bits per heavy atom. The fourth-order valence-electron chi connectivity index (χ4n) is 2.36. The lowest BCUT2D eigenvalue weighted by molar-refractivity contribution is -0.142. The van der Waals surface area contributed by atoms with Crippen LogP contribution in [-0.2, 0) is 19.8 Å². The first-order chi connectivity index (χ1) is 13.1. The maximum absolute atomic E-state index is 13.8. The maximum Gasteiger partial charge on any atom is 0.436 e. The number of carbonyl (C=O) groups is 1. The molecule has 0 radical (unpaired) electrons. The largest absolute Gasteiger partial charge is 0.436 e. The summed E-state index contributed by atoms with van der Waals surface area (Å²) in [4.78, 5) is 16.2. The molecule has 0 unspecified atom stereocenters. The van der Waals surface area contributed by atoms with Crippen molar-refractivity contribution in [3.63, 3.8) is 0 Å². The summed E-state index contributed by atoms with van der Waals surface area (Å²) in [6.45, 7) is -0.0536. The number of aromatic nitrogens is 5. The molecule has 0 aliphatic carbocycles. The molecule has 28 heavy (non-hydrogen) atoms. The summed E-state index contributed by atoms with van der Waals surface area (Å²) in [6.07, 6.45) is -3.51. The summed E-state index contributed by atoms with van der Waals surface area (Å²) in [5.74, 6) is -1.62. The lowest BCUT2D eigenvalue weighted by Gasteiger charge is -2.05. The van der Waals surface area contributed by atoms with Gasteiger partial charge in [0.15, 0.2) is 5.69 Å². The van der Waals surface area contributed by atoms with Crippen LogP contribution in [0.1, 0.15) is 21.7 Å². The lowest BCUT2D eigenvalue weighted by Crippen LogP contribution is -2.17. The molecule has 7 nitrogen and oxygen atoms in total. The minimum Gasteiger partial charge on any atom is -0.288 e. The van der Waals surface area contributed by atoms with E-state index in [-0.39, 0.29) is 28.8 Å².